The zero-order chi connectivity index (χ0) is 11.6. The van der Waals surface area contributed by atoms with Gasteiger partial charge in [-0.1, -0.05) is 79.1 Å². The molecule has 16 heavy (non-hydrogen) atoms. The van der Waals surface area contributed by atoms with Gasteiger partial charge in [0.2, 0.25) is 0 Å². The van der Waals surface area contributed by atoms with Gasteiger partial charge in [-0.05, 0) is 12.0 Å². The highest BCUT2D eigenvalue weighted by molar-refractivity contribution is 14.1. The second-order valence-electron chi connectivity index (χ2n) is 3.99. The third-order valence-electron chi connectivity index (χ3n) is 2.63. The van der Waals surface area contributed by atoms with Crippen LogP contribution in [-0.2, 0) is 4.74 Å². The fourth-order valence-corrected chi connectivity index (χ4v) is 2.41. The van der Waals surface area contributed by atoms with Crippen LogP contribution < -0.4 is 0 Å². The van der Waals surface area contributed by atoms with Crippen LogP contribution in [0.15, 0.2) is 30.3 Å². The average molecular weight is 332 g/mol. The van der Waals surface area contributed by atoms with Crippen molar-refractivity contribution in [3.8, 4) is 0 Å². The monoisotopic (exact) mass is 332 g/mol. The molecular weight excluding hydrogens is 311 g/mol. The van der Waals surface area contributed by atoms with Crippen molar-refractivity contribution in [2.24, 2.45) is 0 Å². The Labute approximate surface area is 113 Å². The smallest absolute Gasteiger partial charge is 0.0914 e. The number of benzene rings is 1. The van der Waals surface area contributed by atoms with Crippen LogP contribution in [0.1, 0.15) is 44.3 Å². The Kier molecular flexibility index (Phi) is 7.85. The Bertz CT molecular complexity index is 261. The molecule has 0 spiro atoms. The SMILES string of the molecule is CCCCCCOC(CI)c1ccccc1. The molecule has 1 aromatic carbocycles. The van der Waals surface area contributed by atoms with Gasteiger partial charge >= 0.3 is 0 Å². The molecule has 0 aliphatic carbocycles. The summed E-state index contributed by atoms with van der Waals surface area (Å²) in [5.74, 6) is 0. The molecular formula is C14H21IO. The van der Waals surface area contributed by atoms with Crippen molar-refractivity contribution >= 4 is 22.6 Å². The fourth-order valence-electron chi connectivity index (χ4n) is 1.65. The minimum atomic E-state index is 0.267. The molecule has 1 rings (SSSR count). The Hall–Kier alpha value is -0.0900. The second-order valence-corrected chi connectivity index (χ2v) is 4.87. The van der Waals surface area contributed by atoms with Gasteiger partial charge in [-0.3, -0.25) is 0 Å². The lowest BCUT2D eigenvalue weighted by atomic mass is 10.1. The molecule has 0 aliphatic heterocycles. The largest absolute Gasteiger partial charge is 0.373 e. The van der Waals surface area contributed by atoms with Crippen molar-refractivity contribution in [1.82, 2.24) is 0 Å². The minimum absolute atomic E-state index is 0.267. The van der Waals surface area contributed by atoms with Crippen molar-refractivity contribution < 1.29 is 4.74 Å². The quantitative estimate of drug-likeness (QED) is 0.379. The van der Waals surface area contributed by atoms with Crippen molar-refractivity contribution in [3.05, 3.63) is 35.9 Å². The van der Waals surface area contributed by atoms with Crippen LogP contribution in [-0.4, -0.2) is 11.0 Å². The maximum absolute atomic E-state index is 5.92. The molecule has 0 bridgehead atoms. The summed E-state index contributed by atoms with van der Waals surface area (Å²) in [5.41, 5.74) is 1.30. The van der Waals surface area contributed by atoms with Crippen LogP contribution in [0.4, 0.5) is 0 Å². The highest BCUT2D eigenvalue weighted by Crippen LogP contribution is 2.20. The van der Waals surface area contributed by atoms with E-state index in [1.54, 1.807) is 0 Å². The van der Waals surface area contributed by atoms with Gasteiger partial charge in [0, 0.05) is 11.0 Å². The molecule has 1 unspecified atom stereocenters. The van der Waals surface area contributed by atoms with E-state index in [-0.39, 0.29) is 6.10 Å². The van der Waals surface area contributed by atoms with Gasteiger partial charge in [0.25, 0.3) is 0 Å². The number of hydrogen-bond acceptors (Lipinski definition) is 1. The van der Waals surface area contributed by atoms with Crippen LogP contribution in [0.25, 0.3) is 0 Å². The van der Waals surface area contributed by atoms with Crippen LogP contribution in [0.5, 0.6) is 0 Å². The van der Waals surface area contributed by atoms with Gasteiger partial charge in [0.15, 0.2) is 0 Å². The van der Waals surface area contributed by atoms with Crippen molar-refractivity contribution in [2.75, 3.05) is 11.0 Å². The molecule has 0 heterocycles. The standard InChI is InChI=1S/C14H21IO/c1-2-3-4-8-11-16-14(12-15)13-9-6-5-7-10-13/h5-7,9-10,14H,2-4,8,11-12H2,1H3. The topological polar surface area (TPSA) is 9.23 Å². The summed E-state index contributed by atoms with van der Waals surface area (Å²) in [6, 6.07) is 10.5. The number of unbranched alkanes of at least 4 members (excludes halogenated alkanes) is 3. The first-order valence-corrected chi connectivity index (χ1v) is 7.63. The minimum Gasteiger partial charge on any atom is -0.373 e. The van der Waals surface area contributed by atoms with Crippen molar-refractivity contribution in [3.63, 3.8) is 0 Å². The Morgan fingerprint density at radius 2 is 1.88 bits per heavy atom. The molecule has 2 heteroatoms. The summed E-state index contributed by atoms with van der Waals surface area (Å²) in [5, 5.41) is 0. The number of alkyl halides is 1. The first-order chi connectivity index (χ1) is 7.88. The van der Waals surface area contributed by atoms with Crippen LogP contribution in [0, 0.1) is 0 Å². The lowest BCUT2D eigenvalue weighted by molar-refractivity contribution is 0.0679. The normalized spacial score (nSPS) is 12.6. The van der Waals surface area contributed by atoms with Crippen molar-refractivity contribution in [1.29, 1.82) is 0 Å². The van der Waals surface area contributed by atoms with Gasteiger partial charge in [0.1, 0.15) is 0 Å². The summed E-state index contributed by atoms with van der Waals surface area (Å²) in [6.07, 6.45) is 5.36. The molecule has 1 nitrogen and oxygen atoms in total. The van der Waals surface area contributed by atoms with E-state index >= 15 is 0 Å². The Balaban J connectivity index is 2.27. The Morgan fingerprint density at radius 3 is 2.50 bits per heavy atom. The average Bonchev–Trinajstić information content (AvgIpc) is 2.35. The van der Waals surface area contributed by atoms with E-state index < -0.39 is 0 Å². The zero-order valence-corrected chi connectivity index (χ0v) is 12.2. The van der Waals surface area contributed by atoms with E-state index in [1.807, 2.05) is 0 Å². The zero-order valence-electron chi connectivity index (χ0n) is 9.99. The molecule has 90 valence electrons. The van der Waals surface area contributed by atoms with Crippen molar-refractivity contribution in [2.45, 2.75) is 38.7 Å². The van der Waals surface area contributed by atoms with Crippen LogP contribution in [0.3, 0.4) is 0 Å². The second kappa shape index (κ2) is 8.99. The molecule has 1 atom stereocenters. The lowest BCUT2D eigenvalue weighted by Crippen LogP contribution is -2.06. The molecule has 0 radical (unpaired) electrons. The molecule has 0 aromatic heterocycles. The van der Waals surface area contributed by atoms with E-state index in [9.17, 15) is 0 Å². The summed E-state index contributed by atoms with van der Waals surface area (Å²) < 4.78 is 6.94. The molecule has 0 aliphatic rings. The maximum Gasteiger partial charge on any atom is 0.0914 e. The summed E-state index contributed by atoms with van der Waals surface area (Å²) in [6.45, 7) is 3.13. The number of ether oxygens (including phenoxy) is 1. The summed E-state index contributed by atoms with van der Waals surface area (Å²) in [7, 11) is 0. The summed E-state index contributed by atoms with van der Waals surface area (Å²) >= 11 is 2.40. The molecule has 0 saturated heterocycles. The van der Waals surface area contributed by atoms with Gasteiger partial charge < -0.3 is 4.74 Å². The van der Waals surface area contributed by atoms with E-state index in [0.29, 0.717) is 0 Å². The first-order valence-electron chi connectivity index (χ1n) is 6.11. The van der Waals surface area contributed by atoms with Gasteiger partial charge in [-0.2, -0.15) is 0 Å². The first kappa shape index (κ1) is 14.0. The third-order valence-corrected chi connectivity index (χ3v) is 3.43. The molecule has 0 N–H and O–H groups in total. The maximum atomic E-state index is 5.92. The van der Waals surface area contributed by atoms with E-state index in [0.717, 1.165) is 11.0 Å². The molecule has 1 aromatic rings. The van der Waals surface area contributed by atoms with E-state index in [1.165, 1.54) is 31.2 Å². The molecule has 0 fully saturated rings. The Morgan fingerprint density at radius 1 is 1.12 bits per heavy atom. The van der Waals surface area contributed by atoms with E-state index in [4.69, 9.17) is 4.74 Å². The summed E-state index contributed by atoms with van der Waals surface area (Å²) in [4.78, 5) is 0. The van der Waals surface area contributed by atoms with E-state index in [2.05, 4.69) is 59.8 Å². The fraction of sp³-hybridized carbons (Fsp3) is 0.571. The predicted octanol–water partition coefficient (Wildman–Crippen LogP) is 4.76. The van der Waals surface area contributed by atoms with Gasteiger partial charge in [-0.25, -0.2) is 0 Å². The van der Waals surface area contributed by atoms with Gasteiger partial charge in [0.05, 0.1) is 6.10 Å². The lowest BCUT2D eigenvalue weighted by Gasteiger charge is -2.15. The highest BCUT2D eigenvalue weighted by atomic mass is 127. The molecule has 0 saturated carbocycles. The van der Waals surface area contributed by atoms with Crippen LogP contribution in [0.2, 0.25) is 0 Å². The molecule has 0 amide bonds. The number of rotatable bonds is 8. The number of hydrogen-bond donors (Lipinski definition) is 0. The van der Waals surface area contributed by atoms with Gasteiger partial charge in [-0.15, -0.1) is 0 Å². The highest BCUT2D eigenvalue weighted by Gasteiger charge is 2.08. The number of halogens is 1. The predicted molar refractivity (Wildman–Crippen MR) is 78.2 cm³/mol. The van der Waals surface area contributed by atoms with Crippen LogP contribution >= 0.6 is 22.6 Å². The third kappa shape index (κ3) is 5.30.